The average molecular weight is 321 g/mol. The van der Waals surface area contributed by atoms with Crippen molar-refractivity contribution in [1.29, 1.82) is 0 Å². The quantitative estimate of drug-likeness (QED) is 0.718. The van der Waals surface area contributed by atoms with Gasteiger partial charge in [0.15, 0.2) is 5.78 Å². The number of carboxylic acid groups (broad SMARTS) is 1. The van der Waals surface area contributed by atoms with Crippen LogP contribution in [-0.4, -0.2) is 29.0 Å². The predicted molar refractivity (Wildman–Crippen MR) is 84.9 cm³/mol. The minimum absolute atomic E-state index is 0.0853. The summed E-state index contributed by atoms with van der Waals surface area (Å²) in [5.74, 6) is -1.76. The first-order chi connectivity index (χ1) is 10.8. The third-order valence-corrected chi connectivity index (χ3v) is 3.55. The minimum Gasteiger partial charge on any atom is -0.481 e. The Morgan fingerprint density at radius 1 is 1.22 bits per heavy atom. The number of benzene rings is 1. The molecular formula is C17H23NO5. The Balaban J connectivity index is 2.66. The van der Waals surface area contributed by atoms with E-state index in [4.69, 9.17) is 9.84 Å². The van der Waals surface area contributed by atoms with E-state index in [1.807, 2.05) is 37.3 Å². The van der Waals surface area contributed by atoms with E-state index in [0.717, 1.165) is 5.56 Å². The van der Waals surface area contributed by atoms with Crippen molar-refractivity contribution in [1.82, 2.24) is 5.32 Å². The van der Waals surface area contributed by atoms with Gasteiger partial charge in [-0.2, -0.15) is 0 Å². The lowest BCUT2D eigenvalue weighted by Gasteiger charge is -2.25. The van der Waals surface area contributed by atoms with Gasteiger partial charge in [-0.3, -0.25) is 9.59 Å². The largest absolute Gasteiger partial charge is 0.481 e. The number of aliphatic carboxylic acids is 1. The van der Waals surface area contributed by atoms with Crippen LogP contribution in [0.3, 0.4) is 0 Å². The molecular weight excluding hydrogens is 298 g/mol. The van der Waals surface area contributed by atoms with E-state index in [-0.39, 0.29) is 6.61 Å². The molecule has 0 aliphatic rings. The lowest BCUT2D eigenvalue weighted by atomic mass is 9.83. The molecule has 0 saturated heterocycles. The van der Waals surface area contributed by atoms with Crippen molar-refractivity contribution >= 4 is 17.8 Å². The molecule has 1 amide bonds. The summed E-state index contributed by atoms with van der Waals surface area (Å²) in [5.41, 5.74) is -0.737. The maximum atomic E-state index is 12.4. The van der Waals surface area contributed by atoms with Crippen LogP contribution in [0, 0.1) is 5.41 Å². The maximum absolute atomic E-state index is 12.4. The molecule has 1 aromatic rings. The number of hydrogen-bond acceptors (Lipinski definition) is 4. The van der Waals surface area contributed by atoms with Gasteiger partial charge in [0, 0.05) is 0 Å². The predicted octanol–water partition coefficient (Wildman–Crippen LogP) is 2.76. The van der Waals surface area contributed by atoms with Crippen molar-refractivity contribution < 1.29 is 24.2 Å². The van der Waals surface area contributed by atoms with E-state index in [0.29, 0.717) is 12.8 Å². The number of carbonyl (C=O) groups is 3. The Hall–Kier alpha value is -2.37. The number of amides is 1. The number of carboxylic acids is 1. The minimum atomic E-state index is -1.56. The van der Waals surface area contributed by atoms with E-state index in [1.54, 1.807) is 0 Å². The molecule has 6 nitrogen and oxygen atoms in total. The first kappa shape index (κ1) is 18.7. The lowest BCUT2D eigenvalue weighted by molar-refractivity contribution is -0.153. The van der Waals surface area contributed by atoms with Gasteiger partial charge in [0.25, 0.3) is 0 Å². The van der Waals surface area contributed by atoms with E-state index in [1.165, 1.54) is 13.8 Å². The van der Waals surface area contributed by atoms with Gasteiger partial charge in [0.1, 0.15) is 12.0 Å². The highest BCUT2D eigenvalue weighted by Gasteiger charge is 2.40. The van der Waals surface area contributed by atoms with E-state index in [9.17, 15) is 14.4 Å². The third-order valence-electron chi connectivity index (χ3n) is 3.55. The van der Waals surface area contributed by atoms with Crippen LogP contribution in [0.15, 0.2) is 30.3 Å². The molecule has 0 fully saturated rings. The number of ether oxygens (including phenoxy) is 1. The van der Waals surface area contributed by atoms with E-state index >= 15 is 0 Å². The molecule has 1 rings (SSSR count). The van der Waals surface area contributed by atoms with Crippen LogP contribution in [0.1, 0.15) is 39.2 Å². The zero-order valence-electron chi connectivity index (χ0n) is 13.7. The summed E-state index contributed by atoms with van der Waals surface area (Å²) in [7, 11) is 0. The Labute approximate surface area is 135 Å². The van der Waals surface area contributed by atoms with Gasteiger partial charge in [0.05, 0.1) is 6.04 Å². The van der Waals surface area contributed by atoms with Crippen molar-refractivity contribution in [2.75, 3.05) is 0 Å². The number of Topliss-reactive ketones (excluding diaryl/α,β-unsaturated/α-hetero) is 1. The molecule has 0 heterocycles. The molecule has 1 aromatic carbocycles. The zero-order chi connectivity index (χ0) is 17.5. The van der Waals surface area contributed by atoms with E-state index in [2.05, 4.69) is 5.32 Å². The molecule has 1 atom stereocenters. The van der Waals surface area contributed by atoms with Crippen molar-refractivity contribution in [2.24, 2.45) is 5.41 Å². The Bertz CT molecular complexity index is 553. The van der Waals surface area contributed by atoms with Gasteiger partial charge in [-0.1, -0.05) is 43.7 Å². The van der Waals surface area contributed by atoms with Gasteiger partial charge in [-0.15, -0.1) is 0 Å². The normalized spacial score (nSPS) is 12.3. The molecule has 0 spiro atoms. The number of rotatable bonds is 8. The molecule has 2 N–H and O–H groups in total. The van der Waals surface area contributed by atoms with Gasteiger partial charge in [0.2, 0.25) is 0 Å². The summed E-state index contributed by atoms with van der Waals surface area (Å²) in [5, 5.41) is 11.6. The van der Waals surface area contributed by atoms with Crippen molar-refractivity contribution in [3.63, 3.8) is 0 Å². The van der Waals surface area contributed by atoms with Gasteiger partial charge in [-0.25, -0.2) is 4.79 Å². The third kappa shape index (κ3) is 5.39. The molecule has 0 radical (unpaired) electrons. The SMILES string of the molecule is CCC[C@H](NC(=O)OCc1ccccc1)C(=O)C(C)(C)C(=O)O. The second-order valence-corrected chi connectivity index (χ2v) is 5.84. The number of nitrogens with one attached hydrogen (secondary N) is 1. The summed E-state index contributed by atoms with van der Waals surface area (Å²) >= 11 is 0. The molecule has 23 heavy (non-hydrogen) atoms. The molecule has 0 unspecified atom stereocenters. The fourth-order valence-electron chi connectivity index (χ4n) is 2.01. The Morgan fingerprint density at radius 2 is 1.83 bits per heavy atom. The van der Waals surface area contributed by atoms with Crippen LogP contribution in [0.4, 0.5) is 4.79 Å². The Morgan fingerprint density at radius 3 is 2.35 bits per heavy atom. The van der Waals surface area contributed by atoms with Gasteiger partial charge < -0.3 is 15.2 Å². The maximum Gasteiger partial charge on any atom is 0.408 e. The van der Waals surface area contributed by atoms with Crippen molar-refractivity contribution in [3.8, 4) is 0 Å². The lowest BCUT2D eigenvalue weighted by Crippen LogP contribution is -2.49. The topological polar surface area (TPSA) is 92.7 Å². The second kappa shape index (κ2) is 8.31. The van der Waals surface area contributed by atoms with Crippen molar-refractivity contribution in [3.05, 3.63) is 35.9 Å². The highest BCUT2D eigenvalue weighted by atomic mass is 16.5. The van der Waals surface area contributed by atoms with E-state index < -0.39 is 29.3 Å². The van der Waals surface area contributed by atoms with Gasteiger partial charge in [-0.05, 0) is 25.8 Å². The average Bonchev–Trinajstić information content (AvgIpc) is 2.52. The summed E-state index contributed by atoms with van der Waals surface area (Å²) in [6.45, 7) is 4.60. The first-order valence-electron chi connectivity index (χ1n) is 7.54. The molecule has 0 aliphatic heterocycles. The summed E-state index contributed by atoms with van der Waals surface area (Å²) < 4.78 is 5.08. The molecule has 0 saturated carbocycles. The fraction of sp³-hybridized carbons (Fsp3) is 0.471. The van der Waals surface area contributed by atoms with Crippen LogP contribution < -0.4 is 5.32 Å². The molecule has 6 heteroatoms. The number of carbonyl (C=O) groups excluding carboxylic acids is 2. The highest BCUT2D eigenvalue weighted by molar-refractivity contribution is 6.05. The summed E-state index contributed by atoms with van der Waals surface area (Å²) in [6.07, 6.45) is 0.253. The number of ketones is 1. The summed E-state index contributed by atoms with van der Waals surface area (Å²) in [6, 6.07) is 8.26. The molecule has 126 valence electrons. The standard InChI is InChI=1S/C17H23NO5/c1-4-8-13(14(19)17(2,3)15(20)21)18-16(22)23-11-12-9-6-5-7-10-12/h5-7,9-10,13H,4,8,11H2,1-3H3,(H,18,22)(H,20,21)/t13-/m0/s1. The van der Waals surface area contributed by atoms with Crippen molar-refractivity contribution in [2.45, 2.75) is 46.3 Å². The second-order valence-electron chi connectivity index (χ2n) is 5.84. The molecule has 0 aromatic heterocycles. The van der Waals surface area contributed by atoms with Crippen LogP contribution in [-0.2, 0) is 20.9 Å². The Kier molecular flexibility index (Phi) is 6.75. The first-order valence-corrected chi connectivity index (χ1v) is 7.54. The number of alkyl carbamates (subject to hydrolysis) is 1. The molecule has 0 aliphatic carbocycles. The van der Waals surface area contributed by atoms with Gasteiger partial charge >= 0.3 is 12.1 Å². The smallest absolute Gasteiger partial charge is 0.408 e. The monoisotopic (exact) mass is 321 g/mol. The summed E-state index contributed by atoms with van der Waals surface area (Å²) in [4.78, 5) is 35.4. The van der Waals surface area contributed by atoms with Crippen LogP contribution in [0.25, 0.3) is 0 Å². The van der Waals surface area contributed by atoms with Crippen LogP contribution in [0.5, 0.6) is 0 Å². The number of hydrogen-bond donors (Lipinski definition) is 2. The molecule has 0 bridgehead atoms. The zero-order valence-corrected chi connectivity index (χ0v) is 13.7. The fourth-order valence-corrected chi connectivity index (χ4v) is 2.01. The highest BCUT2D eigenvalue weighted by Crippen LogP contribution is 2.21. The van der Waals surface area contributed by atoms with Crippen LogP contribution in [0.2, 0.25) is 0 Å². The van der Waals surface area contributed by atoms with Crippen LogP contribution >= 0.6 is 0 Å².